The lowest BCUT2D eigenvalue weighted by Gasteiger charge is -2.33. The molecule has 0 fully saturated rings. The summed E-state index contributed by atoms with van der Waals surface area (Å²) >= 11 is 0. The second kappa shape index (κ2) is 6.50. The van der Waals surface area contributed by atoms with Gasteiger partial charge in [0.25, 0.3) is 0 Å². The molecule has 0 saturated heterocycles. The van der Waals surface area contributed by atoms with E-state index in [1.807, 2.05) is 13.1 Å². The van der Waals surface area contributed by atoms with Gasteiger partial charge < -0.3 is 10.6 Å². The summed E-state index contributed by atoms with van der Waals surface area (Å²) in [4.78, 5) is 4.43. The maximum Gasteiger partial charge on any atom is 0.0302 e. The summed E-state index contributed by atoms with van der Waals surface area (Å²) in [7, 11) is 4.16. The molecule has 0 atom stereocenters. The first-order chi connectivity index (χ1) is 7.64. The fraction of sp³-hybridized carbons (Fsp3) is 0.571. The molecule has 3 nitrogen and oxygen atoms in total. The molecular weight excluding hydrogens is 210 g/mol. The minimum Gasteiger partial charge on any atom is -0.399 e. The SMILES string of the molecule is C=C(N)/C=C\C(=C)N(C)CCN(C)C(C)(C)C. The van der Waals surface area contributed by atoms with E-state index in [1.165, 1.54) is 0 Å². The van der Waals surface area contributed by atoms with Crippen LogP contribution in [0, 0.1) is 0 Å². The van der Waals surface area contributed by atoms with Gasteiger partial charge in [-0.1, -0.05) is 13.2 Å². The van der Waals surface area contributed by atoms with Crippen molar-refractivity contribution in [3.63, 3.8) is 0 Å². The summed E-state index contributed by atoms with van der Waals surface area (Å²) in [6, 6.07) is 0. The number of nitrogens with zero attached hydrogens (tertiary/aromatic N) is 2. The average molecular weight is 237 g/mol. The first-order valence-corrected chi connectivity index (χ1v) is 5.88. The highest BCUT2D eigenvalue weighted by atomic mass is 15.2. The predicted molar refractivity (Wildman–Crippen MR) is 76.6 cm³/mol. The Labute approximate surface area is 106 Å². The minimum atomic E-state index is 0.198. The predicted octanol–water partition coefficient (Wildman–Crippen LogP) is 2.19. The number of rotatable bonds is 6. The van der Waals surface area contributed by atoms with E-state index in [1.54, 1.807) is 6.08 Å². The zero-order chi connectivity index (χ0) is 13.6. The molecule has 0 aromatic carbocycles. The Kier molecular flexibility index (Phi) is 6.03. The molecule has 0 heterocycles. The van der Waals surface area contributed by atoms with Crippen LogP contribution in [0.4, 0.5) is 0 Å². The third kappa shape index (κ3) is 6.84. The number of nitrogens with two attached hydrogens (primary N) is 1. The Morgan fingerprint density at radius 2 is 1.65 bits per heavy atom. The van der Waals surface area contributed by atoms with Gasteiger partial charge in [-0.2, -0.15) is 0 Å². The lowest BCUT2D eigenvalue weighted by atomic mass is 10.1. The van der Waals surface area contributed by atoms with Gasteiger partial charge in [-0.25, -0.2) is 0 Å². The summed E-state index contributed by atoms with van der Waals surface area (Å²) in [5.41, 5.74) is 7.16. The second-order valence-electron chi connectivity index (χ2n) is 5.41. The monoisotopic (exact) mass is 237 g/mol. The van der Waals surface area contributed by atoms with Crippen molar-refractivity contribution in [3.8, 4) is 0 Å². The maximum atomic E-state index is 5.47. The largest absolute Gasteiger partial charge is 0.399 e. The van der Waals surface area contributed by atoms with E-state index in [2.05, 4.69) is 50.8 Å². The quantitative estimate of drug-likeness (QED) is 0.719. The van der Waals surface area contributed by atoms with Crippen LogP contribution in [0.15, 0.2) is 36.7 Å². The van der Waals surface area contributed by atoms with Crippen molar-refractivity contribution in [1.82, 2.24) is 9.80 Å². The zero-order valence-corrected chi connectivity index (χ0v) is 12.0. The minimum absolute atomic E-state index is 0.198. The Balaban J connectivity index is 4.15. The molecule has 0 saturated carbocycles. The van der Waals surface area contributed by atoms with Gasteiger partial charge in [0.2, 0.25) is 0 Å². The molecular formula is C14H27N3. The van der Waals surface area contributed by atoms with Crippen LogP contribution in [0.5, 0.6) is 0 Å². The summed E-state index contributed by atoms with van der Waals surface area (Å²) in [5, 5.41) is 0. The van der Waals surface area contributed by atoms with Crippen LogP contribution in [-0.2, 0) is 0 Å². The molecule has 0 radical (unpaired) electrons. The Morgan fingerprint density at radius 1 is 1.12 bits per heavy atom. The Hall–Kier alpha value is -1.22. The van der Waals surface area contributed by atoms with Gasteiger partial charge in [0, 0.05) is 37.1 Å². The molecule has 0 aliphatic carbocycles. The fourth-order valence-electron chi connectivity index (χ4n) is 1.11. The van der Waals surface area contributed by atoms with Gasteiger partial charge in [-0.3, -0.25) is 4.90 Å². The molecule has 0 aromatic heterocycles. The fourth-order valence-corrected chi connectivity index (χ4v) is 1.11. The van der Waals surface area contributed by atoms with Crippen molar-refractivity contribution in [2.45, 2.75) is 26.3 Å². The molecule has 0 bridgehead atoms. The van der Waals surface area contributed by atoms with Gasteiger partial charge in [0.1, 0.15) is 0 Å². The van der Waals surface area contributed by atoms with E-state index in [4.69, 9.17) is 5.73 Å². The molecule has 3 heteroatoms. The molecule has 0 aliphatic rings. The van der Waals surface area contributed by atoms with Gasteiger partial charge in [0.15, 0.2) is 0 Å². The summed E-state index contributed by atoms with van der Waals surface area (Å²) in [6.07, 6.45) is 3.66. The number of likely N-dealkylation sites (N-methyl/N-ethyl adjacent to an activating group) is 2. The summed E-state index contributed by atoms with van der Waals surface area (Å²) in [6.45, 7) is 16.2. The number of allylic oxidation sites excluding steroid dienone is 2. The van der Waals surface area contributed by atoms with Crippen LogP contribution < -0.4 is 5.73 Å². The molecule has 0 amide bonds. The maximum absolute atomic E-state index is 5.47. The molecule has 2 N–H and O–H groups in total. The third-order valence-corrected chi connectivity index (χ3v) is 2.90. The van der Waals surface area contributed by atoms with E-state index in [0.717, 1.165) is 18.8 Å². The smallest absolute Gasteiger partial charge is 0.0302 e. The van der Waals surface area contributed by atoms with Crippen molar-refractivity contribution in [3.05, 3.63) is 36.7 Å². The van der Waals surface area contributed by atoms with Crippen LogP contribution in [-0.4, -0.2) is 42.5 Å². The molecule has 0 rings (SSSR count). The van der Waals surface area contributed by atoms with Gasteiger partial charge in [0.05, 0.1) is 0 Å². The zero-order valence-electron chi connectivity index (χ0n) is 12.0. The Morgan fingerprint density at radius 3 is 2.06 bits per heavy atom. The van der Waals surface area contributed by atoms with Gasteiger partial charge >= 0.3 is 0 Å². The molecule has 98 valence electrons. The second-order valence-corrected chi connectivity index (χ2v) is 5.41. The van der Waals surface area contributed by atoms with Crippen molar-refractivity contribution < 1.29 is 0 Å². The van der Waals surface area contributed by atoms with E-state index >= 15 is 0 Å². The van der Waals surface area contributed by atoms with Crippen molar-refractivity contribution >= 4 is 0 Å². The molecule has 0 spiro atoms. The topological polar surface area (TPSA) is 32.5 Å². The highest BCUT2D eigenvalue weighted by molar-refractivity contribution is 5.21. The first-order valence-electron chi connectivity index (χ1n) is 5.88. The Bertz CT molecular complexity index is 297. The highest BCUT2D eigenvalue weighted by Crippen LogP contribution is 2.10. The number of hydrogen-bond acceptors (Lipinski definition) is 3. The van der Waals surface area contributed by atoms with E-state index in [9.17, 15) is 0 Å². The van der Waals surface area contributed by atoms with Crippen LogP contribution in [0.25, 0.3) is 0 Å². The molecule has 0 unspecified atom stereocenters. The molecule has 0 aliphatic heterocycles. The van der Waals surface area contributed by atoms with Crippen molar-refractivity contribution in [2.75, 3.05) is 27.2 Å². The van der Waals surface area contributed by atoms with Crippen LogP contribution >= 0.6 is 0 Å². The van der Waals surface area contributed by atoms with E-state index in [0.29, 0.717) is 5.70 Å². The van der Waals surface area contributed by atoms with Crippen LogP contribution in [0.2, 0.25) is 0 Å². The summed E-state index contributed by atoms with van der Waals surface area (Å²) in [5.74, 6) is 0. The lowest BCUT2D eigenvalue weighted by molar-refractivity contribution is 0.163. The third-order valence-electron chi connectivity index (χ3n) is 2.90. The van der Waals surface area contributed by atoms with Crippen LogP contribution in [0.3, 0.4) is 0 Å². The van der Waals surface area contributed by atoms with E-state index < -0.39 is 0 Å². The number of hydrogen-bond donors (Lipinski definition) is 1. The highest BCUT2D eigenvalue weighted by Gasteiger charge is 2.16. The summed E-state index contributed by atoms with van der Waals surface area (Å²) < 4.78 is 0. The van der Waals surface area contributed by atoms with Gasteiger partial charge in [-0.05, 0) is 40.0 Å². The lowest BCUT2D eigenvalue weighted by Crippen LogP contribution is -2.42. The van der Waals surface area contributed by atoms with Crippen molar-refractivity contribution in [2.24, 2.45) is 5.73 Å². The molecule has 17 heavy (non-hydrogen) atoms. The van der Waals surface area contributed by atoms with Crippen LogP contribution in [0.1, 0.15) is 20.8 Å². The molecule has 0 aromatic rings. The standard InChI is InChI=1S/C14H27N3/c1-12(15)8-9-13(2)16(6)10-11-17(7)14(3,4)5/h8-9H,1-2,10-11,15H2,3-7H3/b9-8-. The van der Waals surface area contributed by atoms with E-state index in [-0.39, 0.29) is 5.54 Å². The van der Waals surface area contributed by atoms with Crippen molar-refractivity contribution in [1.29, 1.82) is 0 Å². The normalized spacial score (nSPS) is 12.1. The van der Waals surface area contributed by atoms with Gasteiger partial charge in [-0.15, -0.1) is 0 Å². The average Bonchev–Trinajstić information content (AvgIpc) is 2.20. The first kappa shape index (κ1) is 15.8.